The van der Waals surface area contributed by atoms with Gasteiger partial charge < -0.3 is 14.9 Å². The first kappa shape index (κ1) is 16.5. The third-order valence-corrected chi connectivity index (χ3v) is 3.99. The molecule has 2 rings (SSSR count). The zero-order chi connectivity index (χ0) is 16.5. The summed E-state index contributed by atoms with van der Waals surface area (Å²) in [6.07, 6.45) is 1.55. The van der Waals surface area contributed by atoms with Crippen molar-refractivity contribution in [3.63, 3.8) is 0 Å². The second-order valence-electron chi connectivity index (χ2n) is 6.98. The molecule has 0 spiro atoms. The standard InChI is InChI=1S/C15H23N3O4/c1-8(12-17-14(18-22-12)15(2,3)4)16-11(19)9-5-6-10(7-9)13(20)21/h8-10H,5-7H2,1-4H3,(H,16,19)(H,20,21)/t8?,9-,10+/m1/s1. The van der Waals surface area contributed by atoms with Gasteiger partial charge in [-0.15, -0.1) is 0 Å². The predicted molar refractivity (Wildman–Crippen MR) is 78.0 cm³/mol. The molecule has 1 aliphatic rings. The van der Waals surface area contributed by atoms with Crippen LogP contribution >= 0.6 is 0 Å². The molecule has 0 aliphatic heterocycles. The van der Waals surface area contributed by atoms with Gasteiger partial charge in [-0.1, -0.05) is 25.9 Å². The van der Waals surface area contributed by atoms with E-state index in [2.05, 4.69) is 15.5 Å². The van der Waals surface area contributed by atoms with Crippen molar-refractivity contribution in [2.45, 2.75) is 58.4 Å². The van der Waals surface area contributed by atoms with Crippen LogP contribution in [-0.4, -0.2) is 27.1 Å². The summed E-state index contributed by atoms with van der Waals surface area (Å²) in [7, 11) is 0. The molecule has 1 heterocycles. The van der Waals surface area contributed by atoms with Crippen molar-refractivity contribution in [1.82, 2.24) is 15.5 Å². The van der Waals surface area contributed by atoms with Gasteiger partial charge >= 0.3 is 5.97 Å². The molecular formula is C15H23N3O4. The molecule has 1 aromatic rings. The summed E-state index contributed by atoms with van der Waals surface area (Å²) in [5.41, 5.74) is -0.217. The molecular weight excluding hydrogens is 286 g/mol. The fourth-order valence-electron chi connectivity index (χ4n) is 2.55. The van der Waals surface area contributed by atoms with Gasteiger partial charge in [0.1, 0.15) is 6.04 Å². The number of rotatable bonds is 4. The quantitative estimate of drug-likeness (QED) is 0.881. The topological polar surface area (TPSA) is 105 Å². The Hall–Kier alpha value is -1.92. The SMILES string of the molecule is CC(NC(=O)[C@@H]1CC[C@H](C(=O)O)C1)c1nc(C(C)(C)C)no1. The number of hydrogen-bond acceptors (Lipinski definition) is 5. The Bertz CT molecular complexity index is 561. The summed E-state index contributed by atoms with van der Waals surface area (Å²) in [5, 5.41) is 15.8. The Morgan fingerprint density at radius 3 is 2.45 bits per heavy atom. The highest BCUT2D eigenvalue weighted by atomic mass is 16.5. The van der Waals surface area contributed by atoms with Crippen molar-refractivity contribution in [2.24, 2.45) is 11.8 Å². The largest absolute Gasteiger partial charge is 0.481 e. The number of carbonyl (C=O) groups excluding carboxylic acids is 1. The van der Waals surface area contributed by atoms with Crippen molar-refractivity contribution < 1.29 is 19.2 Å². The van der Waals surface area contributed by atoms with Gasteiger partial charge in [-0.05, 0) is 26.2 Å². The summed E-state index contributed by atoms with van der Waals surface area (Å²) in [4.78, 5) is 27.5. The van der Waals surface area contributed by atoms with Gasteiger partial charge in [-0.3, -0.25) is 9.59 Å². The van der Waals surface area contributed by atoms with Crippen LogP contribution < -0.4 is 5.32 Å². The minimum absolute atomic E-state index is 0.147. The van der Waals surface area contributed by atoms with Gasteiger partial charge in [0.15, 0.2) is 5.82 Å². The highest BCUT2D eigenvalue weighted by Crippen LogP contribution is 2.31. The summed E-state index contributed by atoms with van der Waals surface area (Å²) < 4.78 is 5.21. The maximum absolute atomic E-state index is 12.2. The highest BCUT2D eigenvalue weighted by molar-refractivity contribution is 5.81. The molecule has 0 aromatic carbocycles. The molecule has 7 heteroatoms. The average Bonchev–Trinajstić information content (AvgIpc) is 3.07. The number of carboxylic acid groups (broad SMARTS) is 1. The number of hydrogen-bond donors (Lipinski definition) is 2. The fourth-order valence-corrected chi connectivity index (χ4v) is 2.55. The summed E-state index contributed by atoms with van der Waals surface area (Å²) in [6.45, 7) is 7.72. The number of carbonyl (C=O) groups is 2. The van der Waals surface area contributed by atoms with Crippen LogP contribution in [0.25, 0.3) is 0 Å². The highest BCUT2D eigenvalue weighted by Gasteiger charge is 2.34. The average molecular weight is 309 g/mol. The van der Waals surface area contributed by atoms with E-state index in [1.54, 1.807) is 6.92 Å². The summed E-state index contributed by atoms with van der Waals surface area (Å²) in [6, 6.07) is -0.389. The Kier molecular flexibility index (Phi) is 4.53. The van der Waals surface area contributed by atoms with Gasteiger partial charge in [0.25, 0.3) is 0 Å². The molecule has 7 nitrogen and oxygen atoms in total. The summed E-state index contributed by atoms with van der Waals surface area (Å²) >= 11 is 0. The van der Waals surface area contributed by atoms with E-state index in [1.807, 2.05) is 20.8 Å². The van der Waals surface area contributed by atoms with E-state index < -0.39 is 11.9 Å². The maximum atomic E-state index is 12.2. The van der Waals surface area contributed by atoms with Crippen LogP contribution in [-0.2, 0) is 15.0 Å². The first-order valence-corrected chi connectivity index (χ1v) is 7.55. The van der Waals surface area contributed by atoms with E-state index in [0.29, 0.717) is 31.0 Å². The van der Waals surface area contributed by atoms with Crippen LogP contribution in [0.4, 0.5) is 0 Å². The molecule has 1 unspecified atom stereocenters. The number of amides is 1. The second kappa shape index (κ2) is 6.06. The number of aliphatic carboxylic acids is 1. The third-order valence-electron chi connectivity index (χ3n) is 3.99. The van der Waals surface area contributed by atoms with Crippen LogP contribution in [0.3, 0.4) is 0 Å². The van der Waals surface area contributed by atoms with E-state index in [-0.39, 0.29) is 23.3 Å². The van der Waals surface area contributed by atoms with Crippen molar-refractivity contribution in [1.29, 1.82) is 0 Å². The van der Waals surface area contributed by atoms with Gasteiger partial charge in [0.05, 0.1) is 5.92 Å². The summed E-state index contributed by atoms with van der Waals surface area (Å²) in [5.74, 6) is -0.682. The Morgan fingerprint density at radius 2 is 1.95 bits per heavy atom. The lowest BCUT2D eigenvalue weighted by Gasteiger charge is -2.14. The lowest BCUT2D eigenvalue weighted by atomic mass is 9.96. The van der Waals surface area contributed by atoms with Crippen molar-refractivity contribution in [3.8, 4) is 0 Å². The Morgan fingerprint density at radius 1 is 1.32 bits per heavy atom. The molecule has 0 radical (unpaired) electrons. The number of carboxylic acids is 1. The lowest BCUT2D eigenvalue weighted by molar-refractivity contribution is -0.141. The van der Waals surface area contributed by atoms with Crippen LogP contribution in [0, 0.1) is 11.8 Å². The molecule has 122 valence electrons. The Labute approximate surface area is 129 Å². The van der Waals surface area contributed by atoms with Crippen molar-refractivity contribution >= 4 is 11.9 Å². The lowest BCUT2D eigenvalue weighted by Crippen LogP contribution is -2.32. The fraction of sp³-hybridized carbons (Fsp3) is 0.733. The van der Waals surface area contributed by atoms with Crippen LogP contribution in [0.5, 0.6) is 0 Å². The normalized spacial score (nSPS) is 23.3. The molecule has 1 aromatic heterocycles. The molecule has 1 aliphatic carbocycles. The zero-order valence-corrected chi connectivity index (χ0v) is 13.4. The smallest absolute Gasteiger partial charge is 0.306 e. The van der Waals surface area contributed by atoms with Crippen LogP contribution in [0.1, 0.15) is 64.7 Å². The van der Waals surface area contributed by atoms with E-state index in [1.165, 1.54) is 0 Å². The predicted octanol–water partition coefficient (Wildman–Crippen LogP) is 2.05. The number of aromatic nitrogens is 2. The van der Waals surface area contributed by atoms with E-state index in [4.69, 9.17) is 9.63 Å². The molecule has 1 saturated carbocycles. The first-order valence-electron chi connectivity index (χ1n) is 7.55. The second-order valence-corrected chi connectivity index (χ2v) is 6.98. The van der Waals surface area contributed by atoms with E-state index in [9.17, 15) is 9.59 Å². The molecule has 0 saturated heterocycles. The van der Waals surface area contributed by atoms with E-state index >= 15 is 0 Å². The molecule has 3 atom stereocenters. The molecule has 0 bridgehead atoms. The van der Waals surface area contributed by atoms with Crippen molar-refractivity contribution in [2.75, 3.05) is 0 Å². The third kappa shape index (κ3) is 3.64. The maximum Gasteiger partial charge on any atom is 0.306 e. The first-order chi connectivity index (χ1) is 10.2. The van der Waals surface area contributed by atoms with Gasteiger partial charge in [0, 0.05) is 11.3 Å². The van der Waals surface area contributed by atoms with Gasteiger partial charge in [-0.2, -0.15) is 4.98 Å². The zero-order valence-electron chi connectivity index (χ0n) is 13.4. The molecule has 22 heavy (non-hydrogen) atoms. The minimum atomic E-state index is -0.824. The molecule has 1 amide bonds. The molecule has 2 N–H and O–H groups in total. The van der Waals surface area contributed by atoms with Gasteiger partial charge in [0.2, 0.25) is 11.8 Å². The van der Waals surface area contributed by atoms with Crippen LogP contribution in [0.15, 0.2) is 4.52 Å². The molecule has 1 fully saturated rings. The number of nitrogens with zero attached hydrogens (tertiary/aromatic N) is 2. The monoisotopic (exact) mass is 309 g/mol. The number of nitrogens with one attached hydrogen (secondary N) is 1. The van der Waals surface area contributed by atoms with Crippen molar-refractivity contribution in [3.05, 3.63) is 11.7 Å². The Balaban J connectivity index is 1.94. The van der Waals surface area contributed by atoms with E-state index in [0.717, 1.165) is 0 Å². The van der Waals surface area contributed by atoms with Crippen LogP contribution in [0.2, 0.25) is 0 Å². The van der Waals surface area contributed by atoms with Gasteiger partial charge in [-0.25, -0.2) is 0 Å². The minimum Gasteiger partial charge on any atom is -0.481 e.